The Bertz CT molecular complexity index is 537. The van der Waals surface area contributed by atoms with Crippen molar-refractivity contribution in [2.24, 2.45) is 5.92 Å². The summed E-state index contributed by atoms with van der Waals surface area (Å²) in [5.41, 5.74) is 1.86. The zero-order chi connectivity index (χ0) is 14.3. The minimum absolute atomic E-state index is 0.0636. The molecule has 1 heterocycles. The van der Waals surface area contributed by atoms with Crippen molar-refractivity contribution in [2.75, 3.05) is 12.0 Å². The second-order valence-corrected chi connectivity index (χ2v) is 5.56. The van der Waals surface area contributed by atoms with Crippen LogP contribution >= 0.6 is 0 Å². The molecule has 0 radical (unpaired) electrons. The fraction of sp³-hybridized carbons (Fsp3) is 0.438. The second kappa shape index (κ2) is 4.94. The lowest BCUT2D eigenvalue weighted by Gasteiger charge is -2.48. The molecular weight excluding hydrogens is 254 g/mol. The lowest BCUT2D eigenvalue weighted by atomic mass is 9.81. The number of anilines is 1. The van der Waals surface area contributed by atoms with E-state index >= 15 is 0 Å². The molecule has 20 heavy (non-hydrogen) atoms. The number of β-lactam (4-membered cyclic amide) rings is 1. The monoisotopic (exact) mass is 273 g/mol. The Morgan fingerprint density at radius 3 is 2.70 bits per heavy atom. The fourth-order valence-electron chi connectivity index (χ4n) is 3.22. The summed E-state index contributed by atoms with van der Waals surface area (Å²) in [6.45, 7) is 3.96. The third-order valence-electron chi connectivity index (χ3n) is 4.32. The van der Waals surface area contributed by atoms with Crippen LogP contribution in [0, 0.1) is 5.92 Å². The summed E-state index contributed by atoms with van der Waals surface area (Å²) in [5.74, 6) is 0.799. The normalized spacial score (nSPS) is 29.5. The van der Waals surface area contributed by atoms with Crippen LogP contribution in [0.4, 0.5) is 5.69 Å². The molecule has 4 nitrogen and oxygen atoms in total. The number of carbonyl (C=O) groups excluding carboxylic acids is 1. The molecule has 106 valence electrons. The summed E-state index contributed by atoms with van der Waals surface area (Å²) in [7, 11) is 1.61. The molecule has 1 aromatic carbocycles. The first-order valence-electron chi connectivity index (χ1n) is 6.93. The predicted octanol–water partition coefficient (Wildman–Crippen LogP) is 2.13. The molecule has 1 amide bonds. The highest BCUT2D eigenvalue weighted by molar-refractivity contribution is 6.03. The minimum atomic E-state index is -0.519. The van der Waals surface area contributed by atoms with Gasteiger partial charge in [0.25, 0.3) is 0 Å². The molecule has 1 saturated carbocycles. The van der Waals surface area contributed by atoms with Crippen LogP contribution in [0.15, 0.2) is 36.4 Å². The molecule has 1 aromatic rings. The number of ether oxygens (including phenoxy) is 1. The largest absolute Gasteiger partial charge is 0.497 e. The van der Waals surface area contributed by atoms with Gasteiger partial charge in [0.1, 0.15) is 5.75 Å². The molecule has 0 spiro atoms. The highest BCUT2D eigenvalue weighted by atomic mass is 16.5. The van der Waals surface area contributed by atoms with E-state index in [1.165, 1.54) is 0 Å². The van der Waals surface area contributed by atoms with E-state index in [1.54, 1.807) is 12.0 Å². The zero-order valence-corrected chi connectivity index (χ0v) is 11.6. The molecule has 1 aliphatic heterocycles. The van der Waals surface area contributed by atoms with Gasteiger partial charge in [-0.15, -0.1) is 0 Å². The van der Waals surface area contributed by atoms with Crippen LogP contribution < -0.4 is 9.64 Å². The summed E-state index contributed by atoms with van der Waals surface area (Å²) in [6, 6.07) is 7.27. The van der Waals surface area contributed by atoms with Gasteiger partial charge >= 0.3 is 0 Å². The highest BCUT2D eigenvalue weighted by Gasteiger charge is 2.52. The third kappa shape index (κ3) is 2.00. The van der Waals surface area contributed by atoms with Gasteiger partial charge in [-0.05, 0) is 43.5 Å². The van der Waals surface area contributed by atoms with E-state index in [1.807, 2.05) is 24.3 Å². The number of nitrogens with zero attached hydrogens (tertiary/aromatic N) is 1. The maximum Gasteiger partial charge on any atom is 0.232 e. The number of hydrogen-bond acceptors (Lipinski definition) is 3. The van der Waals surface area contributed by atoms with Gasteiger partial charge in [0.15, 0.2) is 0 Å². The van der Waals surface area contributed by atoms with E-state index in [0.717, 1.165) is 29.9 Å². The Morgan fingerprint density at radius 1 is 1.35 bits per heavy atom. The topological polar surface area (TPSA) is 49.8 Å². The highest BCUT2D eigenvalue weighted by Crippen LogP contribution is 2.41. The Labute approximate surface area is 118 Å². The summed E-state index contributed by atoms with van der Waals surface area (Å²) < 4.78 is 5.12. The van der Waals surface area contributed by atoms with Crippen molar-refractivity contribution >= 4 is 11.6 Å². The molecule has 4 heteroatoms. The Kier molecular flexibility index (Phi) is 3.26. The maximum atomic E-state index is 12.3. The maximum absolute atomic E-state index is 12.3. The summed E-state index contributed by atoms with van der Waals surface area (Å²) in [5, 5.41) is 10.3. The van der Waals surface area contributed by atoms with E-state index in [-0.39, 0.29) is 17.9 Å². The van der Waals surface area contributed by atoms with Gasteiger partial charge in [-0.25, -0.2) is 0 Å². The number of amides is 1. The van der Waals surface area contributed by atoms with E-state index in [4.69, 9.17) is 4.74 Å². The van der Waals surface area contributed by atoms with Gasteiger partial charge in [0.2, 0.25) is 5.91 Å². The smallest absolute Gasteiger partial charge is 0.232 e. The van der Waals surface area contributed by atoms with Crippen LogP contribution in [0.1, 0.15) is 19.3 Å². The summed E-state index contributed by atoms with van der Waals surface area (Å²) in [4.78, 5) is 14.0. The Morgan fingerprint density at radius 2 is 2.05 bits per heavy atom. The number of hydrogen-bond donors (Lipinski definition) is 1. The van der Waals surface area contributed by atoms with Gasteiger partial charge in [-0.2, -0.15) is 0 Å². The van der Waals surface area contributed by atoms with E-state index < -0.39 is 6.10 Å². The van der Waals surface area contributed by atoms with Crippen molar-refractivity contribution in [1.29, 1.82) is 0 Å². The summed E-state index contributed by atoms with van der Waals surface area (Å²) >= 11 is 0. The quantitative estimate of drug-likeness (QED) is 0.663. The Balaban J connectivity index is 1.86. The van der Waals surface area contributed by atoms with Gasteiger partial charge in [0, 0.05) is 5.69 Å². The van der Waals surface area contributed by atoms with Crippen molar-refractivity contribution in [3.63, 3.8) is 0 Å². The van der Waals surface area contributed by atoms with Gasteiger partial charge in [-0.1, -0.05) is 12.2 Å². The third-order valence-corrected chi connectivity index (χ3v) is 4.32. The van der Waals surface area contributed by atoms with Crippen molar-refractivity contribution in [3.05, 3.63) is 36.4 Å². The van der Waals surface area contributed by atoms with Crippen molar-refractivity contribution in [1.82, 2.24) is 0 Å². The van der Waals surface area contributed by atoms with Crippen LogP contribution in [0.3, 0.4) is 0 Å². The van der Waals surface area contributed by atoms with Gasteiger partial charge < -0.3 is 14.7 Å². The van der Waals surface area contributed by atoms with Crippen molar-refractivity contribution in [3.8, 4) is 5.75 Å². The number of aliphatic hydroxyl groups is 1. The van der Waals surface area contributed by atoms with Crippen LogP contribution in [0.5, 0.6) is 5.75 Å². The van der Waals surface area contributed by atoms with Crippen molar-refractivity contribution in [2.45, 2.75) is 31.4 Å². The Hall–Kier alpha value is -1.81. The minimum Gasteiger partial charge on any atom is -0.497 e. The molecule has 0 bridgehead atoms. The van der Waals surface area contributed by atoms with Crippen LogP contribution in [-0.2, 0) is 4.79 Å². The van der Waals surface area contributed by atoms with Crippen LogP contribution in [-0.4, -0.2) is 30.3 Å². The number of methoxy groups -OCH3 is 1. The first-order chi connectivity index (χ1) is 9.61. The van der Waals surface area contributed by atoms with Crippen LogP contribution in [0.25, 0.3) is 0 Å². The molecule has 3 rings (SSSR count). The predicted molar refractivity (Wildman–Crippen MR) is 76.8 cm³/mol. The van der Waals surface area contributed by atoms with Crippen molar-refractivity contribution < 1.29 is 14.6 Å². The fourth-order valence-corrected chi connectivity index (χ4v) is 3.22. The number of benzene rings is 1. The first-order valence-corrected chi connectivity index (χ1v) is 6.93. The molecule has 1 saturated heterocycles. The molecule has 0 unspecified atom stereocenters. The van der Waals surface area contributed by atoms with E-state index in [0.29, 0.717) is 6.42 Å². The average molecular weight is 273 g/mol. The standard InChI is InChI=1S/C16H19NO3/c1-10-3-8-13-15(14(18)9-10)17(16(13)19)11-4-6-12(20-2)7-5-11/h4-7,13-15,18H,1,3,8-9H2,2H3/t13-,14-,15-/m1/s1. The number of rotatable bonds is 2. The second-order valence-electron chi connectivity index (χ2n) is 5.56. The van der Waals surface area contributed by atoms with Gasteiger partial charge in [-0.3, -0.25) is 4.79 Å². The van der Waals surface area contributed by atoms with E-state index in [9.17, 15) is 9.90 Å². The zero-order valence-electron chi connectivity index (χ0n) is 11.6. The molecule has 1 N–H and O–H groups in total. The number of aliphatic hydroxyl groups excluding tert-OH is 1. The molecular formula is C16H19NO3. The van der Waals surface area contributed by atoms with Crippen LogP contribution in [0.2, 0.25) is 0 Å². The lowest BCUT2D eigenvalue weighted by Crippen LogP contribution is -2.65. The van der Waals surface area contributed by atoms with E-state index in [2.05, 4.69) is 6.58 Å². The lowest BCUT2D eigenvalue weighted by molar-refractivity contribution is -0.133. The summed E-state index contributed by atoms with van der Waals surface area (Å²) in [6.07, 6.45) is 1.70. The number of fused-ring (bicyclic) bond motifs is 1. The molecule has 0 aromatic heterocycles. The SMILES string of the molecule is C=C1CC[C@H]2C(=O)N(c3ccc(OC)cc3)[C@H]2[C@H](O)C1. The number of carbonyl (C=O) groups is 1. The first kappa shape index (κ1) is 13.2. The van der Waals surface area contributed by atoms with Gasteiger partial charge in [0.05, 0.1) is 25.2 Å². The molecule has 2 aliphatic rings. The molecule has 1 aliphatic carbocycles. The molecule has 2 fully saturated rings. The average Bonchev–Trinajstić information content (AvgIpc) is 2.56. The molecule has 3 atom stereocenters.